The predicted octanol–water partition coefficient (Wildman–Crippen LogP) is 2.74. The van der Waals surface area contributed by atoms with E-state index in [1.54, 1.807) is 23.8 Å². The van der Waals surface area contributed by atoms with Crippen LogP contribution in [0.3, 0.4) is 0 Å². The lowest BCUT2D eigenvalue weighted by molar-refractivity contribution is -0.150. The van der Waals surface area contributed by atoms with Crippen LogP contribution in [0, 0.1) is 12.3 Å². The number of nitrogens with zero attached hydrogens (tertiary/aromatic N) is 2. The summed E-state index contributed by atoms with van der Waals surface area (Å²) in [6.45, 7) is 4.69. The third-order valence-corrected chi connectivity index (χ3v) is 4.42. The lowest BCUT2D eigenvalue weighted by Gasteiger charge is -2.38. The first-order valence-electron chi connectivity index (χ1n) is 7.17. The highest BCUT2D eigenvalue weighted by atomic mass is 16.4. The zero-order valence-corrected chi connectivity index (χ0v) is 12.8. The van der Waals surface area contributed by atoms with Gasteiger partial charge >= 0.3 is 12.0 Å². The number of aliphatic carboxylic acids is 1. The normalized spacial score (nSPS) is 17.4. The molecule has 5 heteroatoms. The average molecular weight is 290 g/mol. The number of hydrogen-bond acceptors (Lipinski definition) is 2. The van der Waals surface area contributed by atoms with Gasteiger partial charge in [-0.3, -0.25) is 9.69 Å². The second-order valence-corrected chi connectivity index (χ2v) is 5.98. The molecule has 2 amide bonds. The Balaban J connectivity index is 2.06. The van der Waals surface area contributed by atoms with Crippen molar-refractivity contribution in [1.29, 1.82) is 0 Å². The van der Waals surface area contributed by atoms with Crippen LogP contribution in [0.15, 0.2) is 24.3 Å². The fourth-order valence-electron chi connectivity index (χ4n) is 2.66. The molecule has 0 aliphatic carbocycles. The first kappa shape index (κ1) is 15.4. The molecule has 1 heterocycles. The zero-order valence-electron chi connectivity index (χ0n) is 12.8. The quantitative estimate of drug-likeness (QED) is 0.911. The number of carboxylic acid groups (broad SMARTS) is 1. The fourth-order valence-corrected chi connectivity index (χ4v) is 2.66. The Hall–Kier alpha value is -2.04. The Morgan fingerprint density at radius 1 is 1.24 bits per heavy atom. The van der Waals surface area contributed by atoms with Crippen LogP contribution in [0.5, 0.6) is 0 Å². The maximum atomic E-state index is 12.5. The van der Waals surface area contributed by atoms with E-state index in [0.29, 0.717) is 25.9 Å². The van der Waals surface area contributed by atoms with E-state index in [2.05, 4.69) is 0 Å². The van der Waals surface area contributed by atoms with Crippen LogP contribution in [0.4, 0.5) is 10.5 Å². The zero-order chi connectivity index (χ0) is 15.6. The van der Waals surface area contributed by atoms with E-state index in [0.717, 1.165) is 11.3 Å². The Labute approximate surface area is 125 Å². The monoisotopic (exact) mass is 290 g/mol. The summed E-state index contributed by atoms with van der Waals surface area (Å²) in [5, 5.41) is 9.23. The number of amides is 2. The van der Waals surface area contributed by atoms with E-state index in [9.17, 15) is 14.7 Å². The Morgan fingerprint density at radius 3 is 2.33 bits per heavy atom. The van der Waals surface area contributed by atoms with Gasteiger partial charge in [0.1, 0.15) is 0 Å². The summed E-state index contributed by atoms with van der Waals surface area (Å²) in [6, 6.07) is 7.66. The lowest BCUT2D eigenvalue weighted by Crippen LogP contribution is -2.49. The molecular weight excluding hydrogens is 268 g/mol. The SMILES string of the molecule is Cc1ccccc1N(C)C(=O)N1CCC(C)(C(=O)O)CC1. The minimum atomic E-state index is -0.776. The van der Waals surface area contributed by atoms with Gasteiger partial charge in [-0.15, -0.1) is 0 Å². The molecule has 21 heavy (non-hydrogen) atoms. The van der Waals surface area contributed by atoms with Crippen molar-refractivity contribution in [3.8, 4) is 0 Å². The van der Waals surface area contributed by atoms with Crippen molar-refractivity contribution in [3.05, 3.63) is 29.8 Å². The van der Waals surface area contributed by atoms with Crippen LogP contribution >= 0.6 is 0 Å². The number of carbonyl (C=O) groups excluding carboxylic acids is 1. The van der Waals surface area contributed by atoms with Gasteiger partial charge in [0.05, 0.1) is 5.41 Å². The summed E-state index contributed by atoms with van der Waals surface area (Å²) in [7, 11) is 1.76. The standard InChI is InChI=1S/C16H22N2O3/c1-12-6-4-5-7-13(12)17(3)15(21)18-10-8-16(2,9-11-18)14(19)20/h4-7H,8-11H2,1-3H3,(H,19,20). The van der Waals surface area contributed by atoms with Crippen molar-refractivity contribution in [2.75, 3.05) is 25.0 Å². The number of rotatable bonds is 2. The lowest BCUT2D eigenvalue weighted by atomic mass is 9.80. The van der Waals surface area contributed by atoms with Crippen molar-refractivity contribution >= 4 is 17.7 Å². The first-order chi connectivity index (χ1) is 9.85. The molecule has 114 valence electrons. The molecule has 2 rings (SSSR count). The van der Waals surface area contributed by atoms with Crippen molar-refractivity contribution < 1.29 is 14.7 Å². The number of likely N-dealkylation sites (tertiary alicyclic amines) is 1. The largest absolute Gasteiger partial charge is 0.481 e. The number of aryl methyl sites for hydroxylation is 1. The summed E-state index contributed by atoms with van der Waals surface area (Å²) in [4.78, 5) is 27.1. The summed E-state index contributed by atoms with van der Waals surface area (Å²) in [5.41, 5.74) is 1.22. The molecule has 1 aliphatic rings. The number of para-hydroxylation sites is 1. The van der Waals surface area contributed by atoms with Crippen LogP contribution < -0.4 is 4.90 Å². The first-order valence-corrected chi connectivity index (χ1v) is 7.17. The van der Waals surface area contributed by atoms with Crippen molar-refractivity contribution in [2.45, 2.75) is 26.7 Å². The fraction of sp³-hybridized carbons (Fsp3) is 0.500. The highest BCUT2D eigenvalue weighted by Crippen LogP contribution is 2.32. The summed E-state index contributed by atoms with van der Waals surface area (Å²) < 4.78 is 0. The second kappa shape index (κ2) is 5.76. The van der Waals surface area contributed by atoms with Gasteiger partial charge in [0.2, 0.25) is 0 Å². The molecule has 0 atom stereocenters. The van der Waals surface area contributed by atoms with Gasteiger partial charge in [0.15, 0.2) is 0 Å². The van der Waals surface area contributed by atoms with Gasteiger partial charge in [0, 0.05) is 25.8 Å². The smallest absolute Gasteiger partial charge is 0.324 e. The van der Waals surface area contributed by atoms with Gasteiger partial charge in [-0.1, -0.05) is 18.2 Å². The second-order valence-electron chi connectivity index (χ2n) is 5.98. The predicted molar refractivity (Wildman–Crippen MR) is 81.5 cm³/mol. The topological polar surface area (TPSA) is 60.9 Å². The Bertz CT molecular complexity index is 548. The van der Waals surface area contributed by atoms with Crippen LogP contribution in [0.25, 0.3) is 0 Å². The molecule has 0 unspecified atom stereocenters. The van der Waals surface area contributed by atoms with Crippen LogP contribution in [-0.2, 0) is 4.79 Å². The summed E-state index contributed by atoms with van der Waals surface area (Å²) >= 11 is 0. The van der Waals surface area contributed by atoms with Gasteiger partial charge in [-0.2, -0.15) is 0 Å². The van der Waals surface area contributed by atoms with Gasteiger partial charge < -0.3 is 10.0 Å². The molecule has 0 aromatic heterocycles. The number of urea groups is 1. The molecule has 1 aliphatic heterocycles. The number of hydrogen-bond donors (Lipinski definition) is 1. The van der Waals surface area contributed by atoms with E-state index in [1.807, 2.05) is 31.2 Å². The van der Waals surface area contributed by atoms with Gasteiger partial charge in [-0.05, 0) is 38.3 Å². The molecule has 5 nitrogen and oxygen atoms in total. The highest BCUT2D eigenvalue weighted by Gasteiger charge is 2.38. The third-order valence-electron chi connectivity index (χ3n) is 4.42. The van der Waals surface area contributed by atoms with Crippen molar-refractivity contribution in [1.82, 2.24) is 4.90 Å². The number of carboxylic acids is 1. The summed E-state index contributed by atoms with van der Waals surface area (Å²) in [5.74, 6) is -0.776. The molecule has 1 saturated heterocycles. The molecule has 1 fully saturated rings. The number of carbonyl (C=O) groups is 2. The number of benzene rings is 1. The summed E-state index contributed by atoms with van der Waals surface area (Å²) in [6.07, 6.45) is 0.991. The molecule has 1 aromatic rings. The van der Waals surface area contributed by atoms with Crippen LogP contribution in [0.1, 0.15) is 25.3 Å². The maximum Gasteiger partial charge on any atom is 0.324 e. The molecule has 1 aromatic carbocycles. The number of anilines is 1. The van der Waals surface area contributed by atoms with E-state index in [1.165, 1.54) is 0 Å². The highest BCUT2D eigenvalue weighted by molar-refractivity contribution is 5.92. The van der Waals surface area contributed by atoms with E-state index in [-0.39, 0.29) is 6.03 Å². The molecule has 0 spiro atoms. The molecule has 0 radical (unpaired) electrons. The molecule has 1 N–H and O–H groups in total. The molecule has 0 saturated carbocycles. The van der Waals surface area contributed by atoms with Crippen molar-refractivity contribution in [2.24, 2.45) is 5.41 Å². The Morgan fingerprint density at radius 2 is 1.81 bits per heavy atom. The molecule has 0 bridgehead atoms. The van der Waals surface area contributed by atoms with Crippen LogP contribution in [0.2, 0.25) is 0 Å². The third kappa shape index (κ3) is 3.01. The van der Waals surface area contributed by atoms with Gasteiger partial charge in [-0.25, -0.2) is 4.79 Å². The minimum absolute atomic E-state index is 0.0725. The average Bonchev–Trinajstić information content (AvgIpc) is 2.47. The maximum absolute atomic E-state index is 12.5. The van der Waals surface area contributed by atoms with Crippen molar-refractivity contribution in [3.63, 3.8) is 0 Å². The van der Waals surface area contributed by atoms with E-state index < -0.39 is 11.4 Å². The van der Waals surface area contributed by atoms with Gasteiger partial charge in [0.25, 0.3) is 0 Å². The molecular formula is C16H22N2O3. The minimum Gasteiger partial charge on any atom is -0.481 e. The van der Waals surface area contributed by atoms with Crippen LogP contribution in [-0.4, -0.2) is 42.1 Å². The van der Waals surface area contributed by atoms with E-state index in [4.69, 9.17) is 0 Å². The van der Waals surface area contributed by atoms with E-state index >= 15 is 0 Å². The number of piperidine rings is 1. The Kier molecular flexibility index (Phi) is 4.21.